The molecule has 1 fully saturated rings. The summed E-state index contributed by atoms with van der Waals surface area (Å²) in [6.07, 6.45) is 11.6. The van der Waals surface area contributed by atoms with Gasteiger partial charge in [0.15, 0.2) is 0 Å². The molecular weight excluding hydrogens is 282 g/mol. The van der Waals surface area contributed by atoms with E-state index in [0.29, 0.717) is 12.8 Å². The van der Waals surface area contributed by atoms with Crippen LogP contribution >= 0.6 is 0 Å². The third-order valence-electron chi connectivity index (χ3n) is 3.98. The molecule has 5 nitrogen and oxygen atoms in total. The van der Waals surface area contributed by atoms with E-state index >= 15 is 0 Å². The Bertz CT molecular complexity index is 368. The first-order valence-electron chi connectivity index (χ1n) is 8.67. The van der Waals surface area contributed by atoms with E-state index in [0.717, 1.165) is 19.3 Å². The minimum atomic E-state index is -0.639. The molecule has 0 aromatic heterocycles. The third-order valence-corrected chi connectivity index (χ3v) is 3.98. The molecule has 0 radical (unpaired) electrons. The Morgan fingerprint density at radius 2 is 1.64 bits per heavy atom. The van der Waals surface area contributed by atoms with Crippen LogP contribution in [0.5, 0.6) is 0 Å². The lowest BCUT2D eigenvalue weighted by Gasteiger charge is -2.08. The van der Waals surface area contributed by atoms with Crippen molar-refractivity contribution in [1.82, 2.24) is 5.32 Å². The van der Waals surface area contributed by atoms with Crippen molar-refractivity contribution in [3.8, 4) is 0 Å². The standard InChI is InChI=1S/C17H29NO4/c1-2-3-4-5-6-7-8-9-10-11-16(20)22-17(21)14-12-13-15(19)18-14/h14H,2-13H2,1H3,(H,18,19). The highest BCUT2D eigenvalue weighted by atomic mass is 16.6. The van der Waals surface area contributed by atoms with Crippen LogP contribution in [0, 0.1) is 0 Å². The smallest absolute Gasteiger partial charge is 0.336 e. The molecule has 1 unspecified atom stereocenters. The van der Waals surface area contributed by atoms with Crippen LogP contribution in [0.25, 0.3) is 0 Å². The molecule has 0 aliphatic carbocycles. The first-order valence-corrected chi connectivity index (χ1v) is 8.67. The summed E-state index contributed by atoms with van der Waals surface area (Å²) < 4.78 is 4.76. The van der Waals surface area contributed by atoms with Gasteiger partial charge in [0.25, 0.3) is 0 Å². The molecule has 1 atom stereocenters. The van der Waals surface area contributed by atoms with Gasteiger partial charge in [-0.1, -0.05) is 58.3 Å². The van der Waals surface area contributed by atoms with E-state index in [2.05, 4.69) is 12.2 Å². The van der Waals surface area contributed by atoms with E-state index < -0.39 is 18.0 Å². The second-order valence-electron chi connectivity index (χ2n) is 6.03. The molecule has 0 spiro atoms. The predicted molar refractivity (Wildman–Crippen MR) is 84.1 cm³/mol. The van der Waals surface area contributed by atoms with Gasteiger partial charge in [0.2, 0.25) is 5.91 Å². The second-order valence-corrected chi connectivity index (χ2v) is 6.03. The average Bonchev–Trinajstić information content (AvgIpc) is 2.92. The molecule has 1 heterocycles. The molecule has 0 aromatic carbocycles. The van der Waals surface area contributed by atoms with Crippen LogP contribution in [0.1, 0.15) is 84.0 Å². The molecule has 1 N–H and O–H groups in total. The molecule has 1 aliphatic rings. The normalized spacial score (nSPS) is 17.3. The van der Waals surface area contributed by atoms with Gasteiger partial charge in [-0.2, -0.15) is 0 Å². The molecule has 1 saturated heterocycles. The number of carbonyl (C=O) groups excluding carboxylic acids is 3. The Kier molecular flexibility index (Phi) is 9.51. The summed E-state index contributed by atoms with van der Waals surface area (Å²) in [5.74, 6) is -1.26. The van der Waals surface area contributed by atoms with Gasteiger partial charge >= 0.3 is 11.9 Å². The quantitative estimate of drug-likeness (QED) is 0.361. The zero-order chi connectivity index (χ0) is 16.2. The van der Waals surface area contributed by atoms with E-state index in [-0.39, 0.29) is 12.3 Å². The van der Waals surface area contributed by atoms with Crippen LogP contribution in [0.4, 0.5) is 0 Å². The number of rotatable bonds is 11. The largest absolute Gasteiger partial charge is 0.392 e. The van der Waals surface area contributed by atoms with E-state index in [4.69, 9.17) is 4.74 Å². The van der Waals surface area contributed by atoms with Crippen molar-refractivity contribution in [2.45, 2.75) is 90.0 Å². The van der Waals surface area contributed by atoms with E-state index in [1.807, 2.05) is 0 Å². The van der Waals surface area contributed by atoms with Crippen molar-refractivity contribution in [2.24, 2.45) is 0 Å². The van der Waals surface area contributed by atoms with Gasteiger partial charge in [-0.05, 0) is 12.8 Å². The number of hydrogen-bond acceptors (Lipinski definition) is 4. The molecule has 1 amide bonds. The lowest BCUT2D eigenvalue weighted by molar-refractivity contribution is -0.161. The highest BCUT2D eigenvalue weighted by molar-refractivity contribution is 5.93. The number of hydrogen-bond donors (Lipinski definition) is 1. The van der Waals surface area contributed by atoms with Crippen molar-refractivity contribution in [3.05, 3.63) is 0 Å². The molecule has 1 aliphatic heterocycles. The zero-order valence-corrected chi connectivity index (χ0v) is 13.7. The molecule has 22 heavy (non-hydrogen) atoms. The van der Waals surface area contributed by atoms with Crippen LogP contribution in [0.2, 0.25) is 0 Å². The van der Waals surface area contributed by atoms with Crippen molar-refractivity contribution in [1.29, 1.82) is 0 Å². The van der Waals surface area contributed by atoms with E-state index in [1.54, 1.807) is 0 Å². The maximum atomic E-state index is 11.6. The number of esters is 2. The van der Waals surface area contributed by atoms with Crippen LogP contribution < -0.4 is 5.32 Å². The maximum Gasteiger partial charge on any atom is 0.336 e. The summed E-state index contributed by atoms with van der Waals surface area (Å²) in [4.78, 5) is 34.1. The fourth-order valence-electron chi connectivity index (χ4n) is 2.61. The van der Waals surface area contributed by atoms with Gasteiger partial charge in [0, 0.05) is 12.8 Å². The summed E-state index contributed by atoms with van der Waals surface area (Å²) in [5, 5.41) is 2.50. The highest BCUT2D eigenvalue weighted by Gasteiger charge is 2.29. The van der Waals surface area contributed by atoms with Crippen LogP contribution in [-0.2, 0) is 19.1 Å². The van der Waals surface area contributed by atoms with Gasteiger partial charge < -0.3 is 10.1 Å². The van der Waals surface area contributed by atoms with Gasteiger partial charge in [-0.15, -0.1) is 0 Å². The van der Waals surface area contributed by atoms with Gasteiger partial charge in [0.05, 0.1) is 0 Å². The summed E-state index contributed by atoms with van der Waals surface area (Å²) in [6.45, 7) is 2.21. The van der Waals surface area contributed by atoms with Crippen LogP contribution in [-0.4, -0.2) is 23.9 Å². The molecule has 5 heteroatoms. The molecule has 0 saturated carbocycles. The minimum absolute atomic E-state index is 0.159. The summed E-state index contributed by atoms with van der Waals surface area (Å²) in [7, 11) is 0. The monoisotopic (exact) mass is 311 g/mol. The Hall–Kier alpha value is -1.39. The zero-order valence-electron chi connectivity index (χ0n) is 13.7. The molecular formula is C17H29NO4. The van der Waals surface area contributed by atoms with Gasteiger partial charge in [0.1, 0.15) is 6.04 Å². The number of nitrogens with one attached hydrogen (secondary N) is 1. The lowest BCUT2D eigenvalue weighted by Crippen LogP contribution is -2.35. The van der Waals surface area contributed by atoms with Gasteiger partial charge in [-0.25, -0.2) is 4.79 Å². The van der Waals surface area contributed by atoms with Crippen molar-refractivity contribution in [2.75, 3.05) is 0 Å². The Balaban J connectivity index is 1.95. The minimum Gasteiger partial charge on any atom is -0.392 e. The Labute approximate surface area is 133 Å². The molecule has 126 valence electrons. The first-order chi connectivity index (χ1) is 10.6. The lowest BCUT2D eigenvalue weighted by atomic mass is 10.1. The number of unbranched alkanes of at least 4 members (excludes halogenated alkanes) is 8. The van der Waals surface area contributed by atoms with Crippen molar-refractivity contribution >= 4 is 17.8 Å². The highest BCUT2D eigenvalue weighted by Crippen LogP contribution is 2.12. The second kappa shape index (κ2) is 11.2. The number of ether oxygens (including phenoxy) is 1. The molecule has 0 aromatic rings. The number of carbonyl (C=O) groups is 3. The summed E-state index contributed by atoms with van der Waals surface area (Å²) in [5.41, 5.74) is 0. The average molecular weight is 311 g/mol. The SMILES string of the molecule is CCCCCCCCCCCC(=O)OC(=O)C1CCC(=O)N1. The third kappa shape index (κ3) is 8.15. The predicted octanol–water partition coefficient (Wildman–Crippen LogP) is 3.26. The van der Waals surface area contributed by atoms with Crippen LogP contribution in [0.3, 0.4) is 0 Å². The van der Waals surface area contributed by atoms with Gasteiger partial charge in [-0.3, -0.25) is 9.59 Å². The Morgan fingerprint density at radius 1 is 1.05 bits per heavy atom. The molecule has 0 bridgehead atoms. The van der Waals surface area contributed by atoms with Crippen molar-refractivity contribution < 1.29 is 19.1 Å². The topological polar surface area (TPSA) is 72.5 Å². The van der Waals surface area contributed by atoms with E-state index in [1.165, 1.54) is 38.5 Å². The summed E-state index contributed by atoms with van der Waals surface area (Å²) in [6, 6.07) is -0.639. The fourth-order valence-corrected chi connectivity index (χ4v) is 2.61. The maximum absolute atomic E-state index is 11.6. The number of amides is 1. The fraction of sp³-hybridized carbons (Fsp3) is 0.824. The van der Waals surface area contributed by atoms with Crippen LogP contribution in [0.15, 0.2) is 0 Å². The Morgan fingerprint density at radius 3 is 2.18 bits per heavy atom. The summed E-state index contributed by atoms with van der Waals surface area (Å²) >= 11 is 0. The van der Waals surface area contributed by atoms with Crippen molar-refractivity contribution in [3.63, 3.8) is 0 Å². The first kappa shape index (κ1) is 18.7. The van der Waals surface area contributed by atoms with E-state index in [9.17, 15) is 14.4 Å². The molecule has 1 rings (SSSR count).